The molecule has 7 nitrogen and oxygen atoms in total. The van der Waals surface area contributed by atoms with Crippen LogP contribution in [0.3, 0.4) is 0 Å². The number of ether oxygens (including phenoxy) is 2. The summed E-state index contributed by atoms with van der Waals surface area (Å²) < 4.78 is 10.6. The van der Waals surface area contributed by atoms with E-state index in [9.17, 15) is 14.7 Å². The highest BCUT2D eigenvalue weighted by molar-refractivity contribution is 5.93. The van der Waals surface area contributed by atoms with Gasteiger partial charge in [-0.1, -0.05) is 30.3 Å². The molecule has 2 atom stereocenters. The molecule has 0 aliphatic heterocycles. The maximum Gasteiger partial charge on any atom is 0.308 e. The summed E-state index contributed by atoms with van der Waals surface area (Å²) >= 11 is 0. The van der Waals surface area contributed by atoms with Crippen molar-refractivity contribution in [2.75, 3.05) is 7.11 Å². The molecular formula is C21H26N2O5. The fourth-order valence-electron chi connectivity index (χ4n) is 2.87. The zero-order chi connectivity index (χ0) is 20.4. The van der Waals surface area contributed by atoms with Gasteiger partial charge in [0.05, 0.1) is 37.9 Å². The van der Waals surface area contributed by atoms with Crippen LogP contribution in [0.1, 0.15) is 40.7 Å². The fraction of sp³-hybridized carbons (Fsp3) is 0.381. The lowest BCUT2D eigenvalue weighted by molar-refractivity contribution is -0.144. The summed E-state index contributed by atoms with van der Waals surface area (Å²) in [7, 11) is 1.32. The summed E-state index contributed by atoms with van der Waals surface area (Å²) in [6.45, 7) is 0.339. The van der Waals surface area contributed by atoms with Gasteiger partial charge in [0.25, 0.3) is 5.91 Å². The van der Waals surface area contributed by atoms with Gasteiger partial charge in [0.15, 0.2) is 0 Å². The van der Waals surface area contributed by atoms with Crippen LogP contribution < -0.4 is 5.73 Å². The second-order valence-corrected chi connectivity index (χ2v) is 6.52. The molecule has 0 saturated heterocycles. The predicted octanol–water partition coefficient (Wildman–Crippen LogP) is 2.01. The van der Waals surface area contributed by atoms with Crippen LogP contribution in [-0.4, -0.2) is 41.3 Å². The molecule has 0 unspecified atom stereocenters. The van der Waals surface area contributed by atoms with E-state index in [0.29, 0.717) is 25.0 Å². The summed E-state index contributed by atoms with van der Waals surface area (Å²) in [5.41, 5.74) is 7.42. The topological polar surface area (TPSA) is 112 Å². The number of methoxy groups -OCH3 is 1. The third-order valence-electron chi connectivity index (χ3n) is 4.41. The molecular weight excluding hydrogens is 360 g/mol. The molecule has 1 amide bonds. The van der Waals surface area contributed by atoms with E-state index in [-0.39, 0.29) is 12.8 Å². The Morgan fingerprint density at radius 1 is 1.21 bits per heavy atom. The molecule has 150 valence electrons. The smallest absolute Gasteiger partial charge is 0.308 e. The predicted molar refractivity (Wildman–Crippen MR) is 103 cm³/mol. The van der Waals surface area contributed by atoms with E-state index in [0.717, 1.165) is 11.1 Å². The molecule has 0 spiro atoms. The van der Waals surface area contributed by atoms with E-state index in [1.807, 2.05) is 30.3 Å². The van der Waals surface area contributed by atoms with E-state index in [1.54, 1.807) is 12.3 Å². The van der Waals surface area contributed by atoms with Crippen molar-refractivity contribution >= 4 is 11.9 Å². The Morgan fingerprint density at radius 3 is 2.64 bits per heavy atom. The van der Waals surface area contributed by atoms with Gasteiger partial charge < -0.3 is 20.3 Å². The molecule has 2 aromatic rings. The number of aryl methyl sites for hydroxylation is 1. The monoisotopic (exact) mass is 386 g/mol. The van der Waals surface area contributed by atoms with Gasteiger partial charge in [-0.2, -0.15) is 0 Å². The van der Waals surface area contributed by atoms with E-state index >= 15 is 0 Å². The molecule has 1 aromatic carbocycles. The highest BCUT2D eigenvalue weighted by atomic mass is 16.5. The Kier molecular flexibility index (Phi) is 8.58. The van der Waals surface area contributed by atoms with Gasteiger partial charge in [-0.3, -0.25) is 14.6 Å². The zero-order valence-corrected chi connectivity index (χ0v) is 15.9. The van der Waals surface area contributed by atoms with Crippen LogP contribution >= 0.6 is 0 Å². The number of nitrogens with two attached hydrogens (primary N) is 1. The largest absolute Gasteiger partial charge is 0.469 e. The molecule has 0 fully saturated rings. The third-order valence-corrected chi connectivity index (χ3v) is 4.41. The number of esters is 1. The Labute approximate surface area is 164 Å². The number of benzene rings is 1. The van der Waals surface area contributed by atoms with Crippen LogP contribution in [0.2, 0.25) is 0 Å². The molecule has 0 bridgehead atoms. The van der Waals surface area contributed by atoms with Crippen LogP contribution in [0, 0.1) is 0 Å². The molecule has 0 aliphatic carbocycles. The molecule has 3 N–H and O–H groups in total. The lowest BCUT2D eigenvalue weighted by atomic mass is 9.99. The van der Waals surface area contributed by atoms with Crippen LogP contribution in [0.4, 0.5) is 0 Å². The Hall–Kier alpha value is -2.77. The van der Waals surface area contributed by atoms with Crippen molar-refractivity contribution in [2.24, 2.45) is 5.73 Å². The Morgan fingerprint density at radius 2 is 1.96 bits per heavy atom. The number of hydrogen-bond donors (Lipinski definition) is 2. The average Bonchev–Trinajstić information content (AvgIpc) is 2.71. The number of carbonyl (C=O) groups excluding carboxylic acids is 2. The van der Waals surface area contributed by atoms with Crippen LogP contribution in [0.15, 0.2) is 48.8 Å². The summed E-state index contributed by atoms with van der Waals surface area (Å²) in [4.78, 5) is 27.0. The number of amides is 1. The van der Waals surface area contributed by atoms with Crippen molar-refractivity contribution < 1.29 is 24.2 Å². The minimum Gasteiger partial charge on any atom is -0.469 e. The number of aromatic nitrogens is 1. The minimum atomic E-state index is -0.709. The SMILES string of the molecule is COC(=O)C[C@@H](C[C@@H](O)CCc1ccncc1C(N)=O)OCc1ccccc1. The number of aliphatic hydroxyl groups excluding tert-OH is 1. The quantitative estimate of drug-likeness (QED) is 0.572. The van der Waals surface area contributed by atoms with Crippen molar-refractivity contribution in [3.63, 3.8) is 0 Å². The number of carbonyl (C=O) groups is 2. The van der Waals surface area contributed by atoms with E-state index in [1.165, 1.54) is 13.3 Å². The molecule has 1 heterocycles. The number of aliphatic hydroxyl groups is 1. The molecule has 0 aliphatic rings. The van der Waals surface area contributed by atoms with E-state index in [4.69, 9.17) is 15.2 Å². The number of nitrogens with zero attached hydrogens (tertiary/aromatic N) is 1. The number of hydrogen-bond acceptors (Lipinski definition) is 6. The van der Waals surface area contributed by atoms with E-state index in [2.05, 4.69) is 4.98 Å². The summed E-state index contributed by atoms with van der Waals surface area (Å²) in [5.74, 6) is -0.942. The molecule has 1 aromatic heterocycles. The second kappa shape index (κ2) is 11.2. The first kappa shape index (κ1) is 21.5. The van der Waals surface area contributed by atoms with Gasteiger partial charge in [-0.05, 0) is 30.0 Å². The normalized spacial score (nSPS) is 12.9. The highest BCUT2D eigenvalue weighted by Crippen LogP contribution is 2.17. The zero-order valence-electron chi connectivity index (χ0n) is 15.9. The first-order valence-corrected chi connectivity index (χ1v) is 9.12. The van der Waals surface area contributed by atoms with Gasteiger partial charge in [-0.25, -0.2) is 0 Å². The van der Waals surface area contributed by atoms with Crippen molar-refractivity contribution in [1.29, 1.82) is 0 Å². The molecule has 0 radical (unpaired) electrons. The highest BCUT2D eigenvalue weighted by Gasteiger charge is 2.20. The summed E-state index contributed by atoms with van der Waals surface area (Å²) in [6, 6.07) is 11.3. The maximum absolute atomic E-state index is 11.7. The second-order valence-electron chi connectivity index (χ2n) is 6.52. The van der Waals surface area contributed by atoms with Crippen LogP contribution in [-0.2, 0) is 27.3 Å². The van der Waals surface area contributed by atoms with Gasteiger partial charge in [0, 0.05) is 18.8 Å². The van der Waals surface area contributed by atoms with Crippen LogP contribution in [0.25, 0.3) is 0 Å². The number of pyridine rings is 1. The Bertz CT molecular complexity index is 766. The van der Waals surface area contributed by atoms with E-state index < -0.39 is 24.1 Å². The fourth-order valence-corrected chi connectivity index (χ4v) is 2.87. The van der Waals surface area contributed by atoms with Crippen molar-refractivity contribution in [3.8, 4) is 0 Å². The van der Waals surface area contributed by atoms with Crippen molar-refractivity contribution in [1.82, 2.24) is 4.98 Å². The summed E-state index contributed by atoms with van der Waals surface area (Å²) in [5, 5.41) is 10.4. The van der Waals surface area contributed by atoms with Gasteiger partial charge in [-0.15, -0.1) is 0 Å². The lowest BCUT2D eigenvalue weighted by Crippen LogP contribution is -2.25. The van der Waals surface area contributed by atoms with Crippen molar-refractivity contribution in [3.05, 3.63) is 65.5 Å². The third kappa shape index (κ3) is 7.09. The average molecular weight is 386 g/mol. The Balaban J connectivity index is 1.92. The molecule has 2 rings (SSSR count). The maximum atomic E-state index is 11.7. The van der Waals surface area contributed by atoms with Gasteiger partial charge in [0.1, 0.15) is 0 Å². The van der Waals surface area contributed by atoms with Gasteiger partial charge in [0.2, 0.25) is 0 Å². The molecule has 7 heteroatoms. The van der Waals surface area contributed by atoms with Crippen molar-refractivity contribution in [2.45, 2.75) is 44.5 Å². The first-order valence-electron chi connectivity index (χ1n) is 9.12. The molecule has 28 heavy (non-hydrogen) atoms. The number of primary amides is 1. The van der Waals surface area contributed by atoms with Gasteiger partial charge >= 0.3 is 5.97 Å². The number of rotatable bonds is 11. The summed E-state index contributed by atoms with van der Waals surface area (Å²) in [6.07, 6.45) is 3.02. The first-order chi connectivity index (χ1) is 13.5. The lowest BCUT2D eigenvalue weighted by Gasteiger charge is -2.20. The van der Waals surface area contributed by atoms with Crippen LogP contribution in [0.5, 0.6) is 0 Å². The molecule has 0 saturated carbocycles. The minimum absolute atomic E-state index is 0.0577. The standard InChI is InChI=1S/C21H26N2O5/c1-27-20(25)12-18(28-14-15-5-3-2-4-6-15)11-17(24)8-7-16-9-10-23-13-19(16)21(22)26/h2-6,9-10,13,17-18,24H,7-8,11-12,14H2,1H3,(H2,22,26)/t17-,18+/m0/s1.